The Morgan fingerprint density at radius 1 is 0.902 bits per heavy atom. The van der Waals surface area contributed by atoms with E-state index in [0.717, 1.165) is 24.2 Å². The maximum Gasteiger partial charge on any atom is 0.337 e. The fraction of sp³-hybridized carbons (Fsp3) is 0.324. The molecule has 7 heteroatoms. The number of methoxy groups -OCH3 is 1. The molecule has 3 aromatic carbocycles. The first kappa shape index (κ1) is 28.1. The molecule has 212 valence electrons. The topological polar surface area (TPSA) is 88.1 Å². The van der Waals surface area contributed by atoms with Gasteiger partial charge in [-0.15, -0.1) is 0 Å². The molecule has 0 aliphatic carbocycles. The second kappa shape index (κ2) is 12.9. The molecule has 0 radical (unpaired) electrons. The van der Waals surface area contributed by atoms with Crippen LogP contribution in [0.25, 0.3) is 6.08 Å². The Morgan fingerprint density at radius 2 is 1.63 bits per heavy atom. The zero-order valence-corrected chi connectivity index (χ0v) is 23.4. The summed E-state index contributed by atoms with van der Waals surface area (Å²) < 4.78 is 22.4. The van der Waals surface area contributed by atoms with Gasteiger partial charge >= 0.3 is 11.9 Å². The van der Waals surface area contributed by atoms with Crippen molar-refractivity contribution in [1.82, 2.24) is 0 Å². The normalized spacial score (nSPS) is 16.5. The highest BCUT2D eigenvalue weighted by molar-refractivity contribution is 6.15. The summed E-state index contributed by atoms with van der Waals surface area (Å²) in [5.74, 6) is 0.387. The lowest BCUT2D eigenvalue weighted by Gasteiger charge is -2.26. The maximum absolute atomic E-state index is 13.3. The summed E-state index contributed by atoms with van der Waals surface area (Å²) in [4.78, 5) is 37.5. The molecule has 0 N–H and O–H groups in total. The number of ether oxygens (including phenoxy) is 4. The predicted molar refractivity (Wildman–Crippen MR) is 155 cm³/mol. The van der Waals surface area contributed by atoms with Gasteiger partial charge in [0.05, 0.1) is 31.3 Å². The molecule has 41 heavy (non-hydrogen) atoms. The van der Waals surface area contributed by atoms with Crippen molar-refractivity contribution in [2.75, 3.05) is 13.7 Å². The molecule has 0 amide bonds. The summed E-state index contributed by atoms with van der Waals surface area (Å²) in [6.45, 7) is 2.89. The van der Waals surface area contributed by atoms with Crippen molar-refractivity contribution in [3.05, 3.63) is 94.2 Å². The molecule has 1 atom stereocenters. The molecule has 0 aromatic heterocycles. The summed E-state index contributed by atoms with van der Waals surface area (Å²) in [5.41, 5.74) is 3.12. The zero-order chi connectivity index (χ0) is 28.8. The van der Waals surface area contributed by atoms with E-state index in [4.69, 9.17) is 18.9 Å². The van der Waals surface area contributed by atoms with Gasteiger partial charge < -0.3 is 18.9 Å². The Labute approximate surface area is 240 Å². The van der Waals surface area contributed by atoms with Crippen LogP contribution in [0.15, 0.2) is 66.4 Å². The third-order valence-corrected chi connectivity index (χ3v) is 7.46. The van der Waals surface area contributed by atoms with E-state index in [1.54, 1.807) is 42.5 Å². The number of unbranched alkanes of at least 4 members (excludes halogenated alkanes) is 5. The van der Waals surface area contributed by atoms with Crippen LogP contribution in [0.3, 0.4) is 0 Å². The Balaban J connectivity index is 1.33. The number of benzene rings is 3. The second-order valence-corrected chi connectivity index (χ2v) is 10.3. The van der Waals surface area contributed by atoms with Gasteiger partial charge in [0.25, 0.3) is 0 Å². The van der Waals surface area contributed by atoms with Crippen LogP contribution in [0, 0.1) is 0 Å². The fourth-order valence-corrected chi connectivity index (χ4v) is 5.24. The number of carbonyl (C=O) groups excluding carboxylic acids is 3. The van der Waals surface area contributed by atoms with Crippen LogP contribution >= 0.6 is 0 Å². The third-order valence-electron chi connectivity index (χ3n) is 7.46. The van der Waals surface area contributed by atoms with E-state index in [-0.39, 0.29) is 29.9 Å². The highest BCUT2D eigenvalue weighted by atomic mass is 16.5. The van der Waals surface area contributed by atoms with Gasteiger partial charge in [-0.2, -0.15) is 0 Å². The van der Waals surface area contributed by atoms with E-state index in [2.05, 4.69) is 6.92 Å². The van der Waals surface area contributed by atoms with E-state index < -0.39 is 5.97 Å². The number of rotatable bonds is 11. The Bertz CT molecular complexity index is 1450. The van der Waals surface area contributed by atoms with Gasteiger partial charge in [-0.3, -0.25) is 9.59 Å². The number of allylic oxidation sites excluding steroid dienone is 1. The first-order valence-corrected chi connectivity index (χ1v) is 14.2. The van der Waals surface area contributed by atoms with Crippen molar-refractivity contribution in [3.63, 3.8) is 0 Å². The highest BCUT2D eigenvalue weighted by Gasteiger charge is 2.38. The lowest BCUT2D eigenvalue weighted by Crippen LogP contribution is -2.21. The molecule has 3 aromatic rings. The average Bonchev–Trinajstić information content (AvgIpc) is 3.31. The summed E-state index contributed by atoms with van der Waals surface area (Å²) in [6, 6.07) is 17.7. The van der Waals surface area contributed by atoms with Gasteiger partial charge in [0.15, 0.2) is 5.76 Å². The molecule has 0 fully saturated rings. The number of hydrogen-bond donors (Lipinski definition) is 0. The highest BCUT2D eigenvalue weighted by Crippen LogP contribution is 2.49. The van der Waals surface area contributed by atoms with Crippen LogP contribution in [0.4, 0.5) is 0 Å². The summed E-state index contributed by atoms with van der Waals surface area (Å²) in [5, 5.41) is 0. The van der Waals surface area contributed by atoms with Crippen molar-refractivity contribution in [2.45, 2.75) is 57.8 Å². The van der Waals surface area contributed by atoms with Gasteiger partial charge in [0, 0.05) is 11.5 Å². The predicted octanol–water partition coefficient (Wildman–Crippen LogP) is 7.27. The van der Waals surface area contributed by atoms with Gasteiger partial charge in [-0.05, 0) is 60.0 Å². The first-order chi connectivity index (χ1) is 20.0. The van der Waals surface area contributed by atoms with Crippen LogP contribution < -0.4 is 14.2 Å². The standard InChI is InChI=1S/C34H34O7/c1-3-4-5-6-7-8-19-39-25-15-13-23(14-16-25)27-21-30(35)40-28-18-17-26-32(36)29(41-33(26)31(27)28)20-22-9-11-24(12-10-22)34(37)38-2/h9-18,20,27H,3-8,19,21H2,1-2H3/b29-20-/t27-/m1/s1. The molecule has 2 aliphatic rings. The van der Waals surface area contributed by atoms with Crippen LogP contribution in [-0.4, -0.2) is 31.4 Å². The molecule has 0 spiro atoms. The Morgan fingerprint density at radius 3 is 2.37 bits per heavy atom. The quantitative estimate of drug-likeness (QED) is 0.107. The van der Waals surface area contributed by atoms with Crippen LogP contribution in [-0.2, 0) is 9.53 Å². The second-order valence-electron chi connectivity index (χ2n) is 10.3. The van der Waals surface area contributed by atoms with Crippen LogP contribution in [0.1, 0.15) is 95.2 Å². The monoisotopic (exact) mass is 554 g/mol. The average molecular weight is 555 g/mol. The molecule has 0 unspecified atom stereocenters. The maximum atomic E-state index is 13.3. The van der Waals surface area contributed by atoms with Crippen molar-refractivity contribution in [1.29, 1.82) is 0 Å². The minimum atomic E-state index is -0.436. The molecule has 5 rings (SSSR count). The largest absolute Gasteiger partial charge is 0.494 e. The minimum Gasteiger partial charge on any atom is -0.494 e. The number of fused-ring (bicyclic) bond motifs is 3. The fourth-order valence-electron chi connectivity index (χ4n) is 5.24. The van der Waals surface area contributed by atoms with Gasteiger partial charge in [0.2, 0.25) is 5.78 Å². The van der Waals surface area contributed by atoms with E-state index in [0.29, 0.717) is 40.4 Å². The molecule has 0 saturated heterocycles. The van der Waals surface area contributed by atoms with E-state index in [9.17, 15) is 14.4 Å². The minimum absolute atomic E-state index is 0.132. The van der Waals surface area contributed by atoms with Gasteiger partial charge in [0.1, 0.15) is 17.2 Å². The van der Waals surface area contributed by atoms with Crippen LogP contribution in [0.2, 0.25) is 0 Å². The Hall–Kier alpha value is -4.39. The van der Waals surface area contributed by atoms with Crippen molar-refractivity contribution in [2.24, 2.45) is 0 Å². The van der Waals surface area contributed by atoms with Crippen molar-refractivity contribution in [3.8, 4) is 17.2 Å². The lowest BCUT2D eigenvalue weighted by atomic mass is 9.84. The molecular formula is C34H34O7. The molecular weight excluding hydrogens is 520 g/mol. The van der Waals surface area contributed by atoms with Gasteiger partial charge in [-0.25, -0.2) is 4.79 Å². The molecule has 7 nitrogen and oxygen atoms in total. The smallest absolute Gasteiger partial charge is 0.337 e. The summed E-state index contributed by atoms with van der Waals surface area (Å²) >= 11 is 0. The van der Waals surface area contributed by atoms with Crippen LogP contribution in [0.5, 0.6) is 17.2 Å². The number of carbonyl (C=O) groups is 3. The summed E-state index contributed by atoms with van der Waals surface area (Å²) in [6.07, 6.45) is 8.99. The number of Topliss-reactive ketones (excluding diaryl/α,β-unsaturated/α-hetero) is 1. The number of ketones is 1. The first-order valence-electron chi connectivity index (χ1n) is 14.2. The molecule has 0 bridgehead atoms. The molecule has 2 aliphatic heterocycles. The summed E-state index contributed by atoms with van der Waals surface area (Å²) in [7, 11) is 1.32. The third kappa shape index (κ3) is 6.35. The molecule has 0 saturated carbocycles. The lowest BCUT2D eigenvalue weighted by molar-refractivity contribution is -0.135. The zero-order valence-electron chi connectivity index (χ0n) is 23.4. The SMILES string of the molecule is CCCCCCCCOc1ccc([C@H]2CC(=O)Oc3ccc4c(c32)O/C(=C\c2ccc(C(=O)OC)cc2)C4=O)cc1. The number of hydrogen-bond acceptors (Lipinski definition) is 7. The van der Waals surface area contributed by atoms with Crippen molar-refractivity contribution >= 4 is 23.8 Å². The van der Waals surface area contributed by atoms with E-state index in [1.807, 2.05) is 24.3 Å². The van der Waals surface area contributed by atoms with E-state index >= 15 is 0 Å². The van der Waals surface area contributed by atoms with Crippen molar-refractivity contribution < 1.29 is 33.3 Å². The van der Waals surface area contributed by atoms with E-state index in [1.165, 1.54) is 32.8 Å². The molecule has 2 heterocycles. The Kier molecular flexibility index (Phi) is 8.82. The van der Waals surface area contributed by atoms with Gasteiger partial charge in [-0.1, -0.05) is 63.3 Å². The number of esters is 2.